The molecule has 0 saturated carbocycles. The number of rotatable bonds is 12. The Bertz CT molecular complexity index is 745. The summed E-state index contributed by atoms with van der Waals surface area (Å²) in [7, 11) is 0. The highest BCUT2D eigenvalue weighted by atomic mass is 19.3. The van der Waals surface area contributed by atoms with Gasteiger partial charge in [0.05, 0.1) is 12.6 Å². The highest BCUT2D eigenvalue weighted by Crippen LogP contribution is 2.19. The summed E-state index contributed by atoms with van der Waals surface area (Å²) in [6, 6.07) is 11.6. The minimum absolute atomic E-state index is 0.0528. The van der Waals surface area contributed by atoms with Crippen LogP contribution in [0.1, 0.15) is 31.4 Å². The van der Waals surface area contributed by atoms with Crippen LogP contribution in [0.5, 0.6) is 5.75 Å². The molecule has 164 valence electrons. The number of alkyl halides is 2. The highest BCUT2D eigenvalue weighted by Gasteiger charge is 2.09. The van der Waals surface area contributed by atoms with E-state index in [4.69, 9.17) is 0 Å². The van der Waals surface area contributed by atoms with E-state index in [1.165, 1.54) is 12.1 Å². The van der Waals surface area contributed by atoms with Gasteiger partial charge in [-0.25, -0.2) is 4.98 Å². The maximum Gasteiger partial charge on any atom is 0.387 e. The lowest BCUT2D eigenvalue weighted by Gasteiger charge is -2.14. The molecule has 9 heteroatoms. The lowest BCUT2D eigenvalue weighted by atomic mass is 10.1. The van der Waals surface area contributed by atoms with Crippen LogP contribution >= 0.6 is 0 Å². The molecule has 1 unspecified atom stereocenters. The van der Waals surface area contributed by atoms with Gasteiger partial charge in [0.25, 0.3) is 0 Å². The van der Waals surface area contributed by atoms with Gasteiger partial charge in [-0.1, -0.05) is 18.2 Å². The fourth-order valence-corrected chi connectivity index (χ4v) is 2.64. The summed E-state index contributed by atoms with van der Waals surface area (Å²) in [4.78, 5) is 8.61. The van der Waals surface area contributed by atoms with Crippen molar-refractivity contribution in [2.45, 2.75) is 32.5 Å². The molecule has 2 aromatic rings. The minimum Gasteiger partial charge on any atom is -0.435 e. The molecule has 1 atom stereocenters. The van der Waals surface area contributed by atoms with Gasteiger partial charge in [-0.2, -0.15) is 8.78 Å². The van der Waals surface area contributed by atoms with Gasteiger partial charge in [0.2, 0.25) is 0 Å². The first-order valence-electron chi connectivity index (χ1n) is 9.98. The number of aromatic nitrogens is 1. The predicted octanol–water partition coefficient (Wildman–Crippen LogP) is 3.16. The zero-order valence-corrected chi connectivity index (χ0v) is 17.0. The number of ether oxygens (including phenoxy) is 1. The van der Waals surface area contributed by atoms with E-state index >= 15 is 0 Å². The summed E-state index contributed by atoms with van der Waals surface area (Å²) in [5, 5.41) is 19.9. The van der Waals surface area contributed by atoms with Crippen LogP contribution in [0.3, 0.4) is 0 Å². The Morgan fingerprint density at radius 3 is 2.53 bits per heavy atom. The number of nitrogens with one attached hydrogen (secondary N) is 3. The van der Waals surface area contributed by atoms with E-state index in [1.807, 2.05) is 25.1 Å². The Kier molecular flexibility index (Phi) is 10.4. The summed E-state index contributed by atoms with van der Waals surface area (Å²) in [5.74, 6) is 1.53. The van der Waals surface area contributed by atoms with E-state index in [-0.39, 0.29) is 12.3 Å². The van der Waals surface area contributed by atoms with Crippen molar-refractivity contribution in [3.63, 3.8) is 0 Å². The summed E-state index contributed by atoms with van der Waals surface area (Å²) in [6.07, 6.45) is 2.82. The van der Waals surface area contributed by atoms with E-state index in [9.17, 15) is 13.9 Å². The van der Waals surface area contributed by atoms with Crippen LogP contribution in [0.25, 0.3) is 0 Å². The Labute approximate surface area is 175 Å². The van der Waals surface area contributed by atoms with Crippen LogP contribution in [0.4, 0.5) is 14.6 Å². The maximum atomic E-state index is 12.2. The van der Waals surface area contributed by atoms with Crippen LogP contribution in [-0.2, 0) is 0 Å². The van der Waals surface area contributed by atoms with Crippen molar-refractivity contribution in [2.75, 3.05) is 31.5 Å². The number of aliphatic hydroxyl groups is 1. The fraction of sp³-hybridized carbons (Fsp3) is 0.429. The van der Waals surface area contributed by atoms with Crippen LogP contribution in [0.2, 0.25) is 0 Å². The number of halogens is 2. The van der Waals surface area contributed by atoms with Gasteiger partial charge in [-0.3, -0.25) is 4.99 Å². The summed E-state index contributed by atoms with van der Waals surface area (Å²) >= 11 is 0. The number of pyridine rings is 1. The first-order chi connectivity index (χ1) is 14.6. The number of anilines is 1. The number of benzene rings is 1. The molecule has 0 aliphatic rings. The predicted molar refractivity (Wildman–Crippen MR) is 114 cm³/mol. The molecule has 1 heterocycles. The monoisotopic (exact) mass is 421 g/mol. The summed E-state index contributed by atoms with van der Waals surface area (Å²) < 4.78 is 28.7. The molecule has 7 nitrogen and oxygen atoms in total. The average molecular weight is 421 g/mol. The first-order valence-corrected chi connectivity index (χ1v) is 9.98. The van der Waals surface area contributed by atoms with Crippen LogP contribution in [0, 0.1) is 0 Å². The number of unbranched alkanes of at least 4 members (excludes halogenated alkanes) is 1. The van der Waals surface area contributed by atoms with Crippen molar-refractivity contribution in [2.24, 2.45) is 4.99 Å². The SMILES string of the molecule is CCNC(=NCC(O)c1ccc(OC(F)F)cc1)NCCCCNc1ccccn1. The van der Waals surface area contributed by atoms with Crippen molar-refractivity contribution < 1.29 is 18.6 Å². The van der Waals surface area contributed by atoms with Crippen molar-refractivity contribution in [3.05, 3.63) is 54.2 Å². The molecule has 0 radical (unpaired) electrons. The number of aliphatic imine (C=N–C) groups is 1. The number of guanidine groups is 1. The third kappa shape index (κ3) is 9.04. The van der Waals surface area contributed by atoms with Gasteiger partial charge in [0.15, 0.2) is 5.96 Å². The zero-order valence-electron chi connectivity index (χ0n) is 17.0. The zero-order chi connectivity index (χ0) is 21.6. The Balaban J connectivity index is 1.72. The maximum absolute atomic E-state index is 12.2. The van der Waals surface area contributed by atoms with Crippen molar-refractivity contribution >= 4 is 11.8 Å². The quantitative estimate of drug-likeness (QED) is 0.239. The number of hydrogen-bond acceptors (Lipinski definition) is 5. The normalized spacial score (nSPS) is 12.5. The Morgan fingerprint density at radius 2 is 1.87 bits per heavy atom. The van der Waals surface area contributed by atoms with Gasteiger partial charge in [-0.15, -0.1) is 0 Å². The molecule has 1 aromatic heterocycles. The van der Waals surface area contributed by atoms with E-state index < -0.39 is 12.7 Å². The molecule has 0 aliphatic carbocycles. The van der Waals surface area contributed by atoms with Crippen LogP contribution in [-0.4, -0.2) is 48.8 Å². The Hall–Kier alpha value is -2.94. The van der Waals surface area contributed by atoms with E-state index in [0.717, 1.165) is 31.7 Å². The second-order valence-corrected chi connectivity index (χ2v) is 6.46. The molecule has 4 N–H and O–H groups in total. The molecule has 0 aliphatic heterocycles. The van der Waals surface area contributed by atoms with Crippen molar-refractivity contribution in [1.29, 1.82) is 0 Å². The molecular weight excluding hydrogens is 392 g/mol. The fourth-order valence-electron chi connectivity index (χ4n) is 2.64. The number of aliphatic hydroxyl groups excluding tert-OH is 1. The second kappa shape index (κ2) is 13.3. The average Bonchev–Trinajstić information content (AvgIpc) is 2.75. The molecule has 0 bridgehead atoms. The molecule has 2 rings (SSSR count). The smallest absolute Gasteiger partial charge is 0.387 e. The Morgan fingerprint density at radius 1 is 1.10 bits per heavy atom. The molecule has 1 aromatic carbocycles. The lowest BCUT2D eigenvalue weighted by Crippen LogP contribution is -2.38. The second-order valence-electron chi connectivity index (χ2n) is 6.46. The van der Waals surface area contributed by atoms with E-state index in [1.54, 1.807) is 18.3 Å². The topological polar surface area (TPSA) is 90.8 Å². The molecule has 0 saturated heterocycles. The lowest BCUT2D eigenvalue weighted by molar-refractivity contribution is -0.0498. The highest BCUT2D eigenvalue weighted by molar-refractivity contribution is 5.79. The van der Waals surface area contributed by atoms with Crippen molar-refractivity contribution in [1.82, 2.24) is 15.6 Å². The van der Waals surface area contributed by atoms with Gasteiger partial charge < -0.3 is 25.8 Å². The molecule has 0 fully saturated rings. The van der Waals surface area contributed by atoms with Gasteiger partial charge in [0.1, 0.15) is 11.6 Å². The summed E-state index contributed by atoms with van der Waals surface area (Å²) in [5.41, 5.74) is 0.580. The van der Waals surface area contributed by atoms with Crippen molar-refractivity contribution in [3.8, 4) is 5.75 Å². The number of nitrogens with zero attached hydrogens (tertiary/aromatic N) is 2. The van der Waals surface area contributed by atoms with Gasteiger partial charge in [-0.05, 0) is 49.6 Å². The molecular formula is C21H29F2N5O2. The van der Waals surface area contributed by atoms with Crippen LogP contribution in [0.15, 0.2) is 53.7 Å². The third-order valence-corrected chi connectivity index (χ3v) is 4.12. The van der Waals surface area contributed by atoms with Gasteiger partial charge >= 0.3 is 6.61 Å². The molecule has 30 heavy (non-hydrogen) atoms. The van der Waals surface area contributed by atoms with E-state index in [0.29, 0.717) is 18.1 Å². The molecule has 0 spiro atoms. The largest absolute Gasteiger partial charge is 0.435 e. The molecule has 0 amide bonds. The standard InChI is InChI=1S/C21H29F2N5O2/c1-2-24-21(27-14-6-5-13-26-19-7-3-4-12-25-19)28-15-18(29)16-8-10-17(11-9-16)30-20(22)23/h3-4,7-12,18,20,29H,2,5-6,13-15H2,1H3,(H,25,26)(H2,24,27,28). The minimum atomic E-state index is -2.87. The number of hydrogen-bond donors (Lipinski definition) is 4. The van der Waals surface area contributed by atoms with Gasteiger partial charge in [0, 0.05) is 25.8 Å². The first kappa shape index (κ1) is 23.3. The van der Waals surface area contributed by atoms with Crippen LogP contribution < -0.4 is 20.7 Å². The third-order valence-electron chi connectivity index (χ3n) is 4.12. The van der Waals surface area contributed by atoms with E-state index in [2.05, 4.69) is 30.7 Å². The summed E-state index contributed by atoms with van der Waals surface area (Å²) in [6.45, 7) is 1.51.